The van der Waals surface area contributed by atoms with E-state index in [4.69, 9.17) is 14.2 Å². The van der Waals surface area contributed by atoms with Crippen molar-refractivity contribution in [3.05, 3.63) is 65.5 Å². The Labute approximate surface area is 274 Å². The first-order valence-electron chi connectivity index (χ1n) is 16.1. The van der Waals surface area contributed by atoms with E-state index in [1.165, 1.54) is 6.07 Å². The van der Waals surface area contributed by atoms with Crippen LogP contribution < -0.4 is 4.74 Å². The molecule has 3 heterocycles. The lowest BCUT2D eigenvalue weighted by Crippen LogP contribution is -2.48. The Balaban J connectivity index is 1.42. The van der Waals surface area contributed by atoms with Crippen LogP contribution in [0.15, 0.2) is 54.1 Å². The summed E-state index contributed by atoms with van der Waals surface area (Å²) in [4.78, 5) is 29.9. The quantitative estimate of drug-likeness (QED) is 0.301. The van der Waals surface area contributed by atoms with Gasteiger partial charge in [0.15, 0.2) is 5.82 Å². The van der Waals surface area contributed by atoms with Crippen LogP contribution >= 0.6 is 0 Å². The maximum Gasteiger partial charge on any atom is 0.410 e. The van der Waals surface area contributed by atoms with E-state index in [1.54, 1.807) is 41.0 Å². The molecule has 2 aromatic carbocycles. The first-order valence-corrected chi connectivity index (χ1v) is 16.1. The molecule has 1 N–H and O–H groups in total. The minimum atomic E-state index is -0.898. The highest BCUT2D eigenvalue weighted by molar-refractivity contribution is 5.80. The molecule has 2 aliphatic rings. The van der Waals surface area contributed by atoms with Crippen molar-refractivity contribution in [3.63, 3.8) is 0 Å². The van der Waals surface area contributed by atoms with E-state index in [-0.39, 0.29) is 29.9 Å². The SMILES string of the molecule is COc1ccc(-n2nnc3c(F)cc(/C=C(\C)[C@H]4OC(=O)C[C@@H](O)CC[C@@H](C)[C@@H](OC(=O)N5CCN(C)CC5)/C=C\[C@@H]4C)cc32)cc1. The normalized spacial score (nSPS) is 25.9. The molecule has 2 aliphatic heterocycles. The molecule has 1 aromatic heterocycles. The molecule has 0 unspecified atom stereocenters. The van der Waals surface area contributed by atoms with Crippen LogP contribution in [-0.2, 0) is 14.3 Å². The number of hydrogen-bond acceptors (Lipinski definition) is 9. The third kappa shape index (κ3) is 8.36. The van der Waals surface area contributed by atoms with E-state index < -0.39 is 30.1 Å². The predicted octanol–water partition coefficient (Wildman–Crippen LogP) is 5.01. The summed E-state index contributed by atoms with van der Waals surface area (Å²) in [5.74, 6) is -0.796. The number of ether oxygens (including phenoxy) is 3. The van der Waals surface area contributed by atoms with Gasteiger partial charge in [-0.3, -0.25) is 4.79 Å². The zero-order valence-corrected chi connectivity index (χ0v) is 27.6. The highest BCUT2D eigenvalue weighted by atomic mass is 19.1. The summed E-state index contributed by atoms with van der Waals surface area (Å²) in [5, 5.41) is 18.9. The first-order chi connectivity index (χ1) is 22.5. The number of benzene rings is 2. The van der Waals surface area contributed by atoms with Gasteiger partial charge in [0.2, 0.25) is 0 Å². The Bertz CT molecular complexity index is 1610. The van der Waals surface area contributed by atoms with Crippen LogP contribution in [0.1, 0.15) is 45.6 Å². The Morgan fingerprint density at radius 3 is 2.51 bits per heavy atom. The molecule has 1 fully saturated rings. The van der Waals surface area contributed by atoms with Crippen molar-refractivity contribution in [2.24, 2.45) is 11.8 Å². The van der Waals surface area contributed by atoms with Gasteiger partial charge >= 0.3 is 12.1 Å². The van der Waals surface area contributed by atoms with Crippen molar-refractivity contribution < 1.29 is 33.3 Å². The van der Waals surface area contributed by atoms with Gasteiger partial charge in [0.1, 0.15) is 23.5 Å². The summed E-state index contributed by atoms with van der Waals surface area (Å²) in [5.41, 5.74) is 2.50. The molecule has 0 spiro atoms. The molecular weight excluding hydrogens is 605 g/mol. The van der Waals surface area contributed by atoms with Crippen molar-refractivity contribution in [1.82, 2.24) is 24.8 Å². The van der Waals surface area contributed by atoms with Crippen molar-refractivity contribution in [3.8, 4) is 11.4 Å². The Kier molecular flexibility index (Phi) is 10.9. The second-order valence-corrected chi connectivity index (χ2v) is 12.7. The van der Waals surface area contributed by atoms with Gasteiger partial charge in [-0.25, -0.2) is 13.9 Å². The van der Waals surface area contributed by atoms with Crippen molar-refractivity contribution in [1.29, 1.82) is 0 Å². The number of rotatable bonds is 5. The number of halogens is 1. The summed E-state index contributed by atoms with van der Waals surface area (Å²) in [7, 11) is 3.61. The van der Waals surface area contributed by atoms with Crippen LogP contribution in [0.3, 0.4) is 0 Å². The number of piperazine rings is 1. The van der Waals surface area contributed by atoms with Crippen LogP contribution in [0.25, 0.3) is 22.8 Å². The van der Waals surface area contributed by atoms with Gasteiger partial charge in [0, 0.05) is 32.1 Å². The van der Waals surface area contributed by atoms with Crippen LogP contribution in [-0.4, -0.2) is 101 Å². The number of cyclic esters (lactones) is 1. The summed E-state index contributed by atoms with van der Waals surface area (Å²) in [6, 6.07) is 10.3. The second-order valence-electron chi connectivity index (χ2n) is 12.7. The molecule has 0 saturated carbocycles. The third-order valence-corrected chi connectivity index (χ3v) is 8.95. The van der Waals surface area contributed by atoms with E-state index in [0.717, 1.165) is 13.1 Å². The number of methoxy groups -OCH3 is 1. The van der Waals surface area contributed by atoms with Crippen molar-refractivity contribution in [2.75, 3.05) is 40.3 Å². The lowest BCUT2D eigenvalue weighted by Gasteiger charge is -2.33. The number of aliphatic hydroxyl groups is 1. The minimum Gasteiger partial charge on any atom is -0.497 e. The molecule has 5 atom stereocenters. The molecule has 1 amide bonds. The number of fused-ring (bicyclic) bond motifs is 1. The van der Waals surface area contributed by atoms with Gasteiger partial charge in [0.25, 0.3) is 0 Å². The standard InChI is InChI=1S/C35H44FN5O6/c1-22-6-10-27(42)21-32(43)47-34(23(2)7-13-31(22)46-35(44)40-16-14-39(4)15-17-40)24(3)18-25-19-29(36)33-30(20-25)41(38-37-33)26-8-11-28(45-5)12-9-26/h7-9,11-13,18-20,22-23,27,31,34,42H,6,10,14-17,21H2,1-5H3/b13-7-,24-18+/t22-,23+,27+,31+,34+/m1/s1. The van der Waals surface area contributed by atoms with Gasteiger partial charge in [0.05, 0.1) is 30.8 Å². The summed E-state index contributed by atoms with van der Waals surface area (Å²) >= 11 is 0. The summed E-state index contributed by atoms with van der Waals surface area (Å²) in [6.45, 7) is 8.46. The van der Waals surface area contributed by atoms with Gasteiger partial charge < -0.3 is 29.1 Å². The van der Waals surface area contributed by atoms with Gasteiger partial charge in [-0.05, 0) is 86.3 Å². The zero-order chi connectivity index (χ0) is 33.7. The number of amides is 1. The summed E-state index contributed by atoms with van der Waals surface area (Å²) < 4.78 is 34.0. The van der Waals surface area contributed by atoms with Crippen molar-refractivity contribution in [2.45, 2.75) is 58.3 Å². The lowest BCUT2D eigenvalue weighted by molar-refractivity contribution is -0.151. The highest BCUT2D eigenvalue weighted by Crippen LogP contribution is 2.28. The molecule has 0 radical (unpaired) electrons. The number of nitrogens with zero attached hydrogens (tertiary/aromatic N) is 5. The molecular formula is C35H44FN5O6. The lowest BCUT2D eigenvalue weighted by atomic mass is 9.91. The largest absolute Gasteiger partial charge is 0.497 e. The number of carbonyl (C=O) groups excluding carboxylic acids is 2. The molecule has 11 nitrogen and oxygen atoms in total. The molecule has 5 rings (SSSR count). The highest BCUT2D eigenvalue weighted by Gasteiger charge is 2.29. The van der Waals surface area contributed by atoms with E-state index in [1.807, 2.05) is 52.1 Å². The molecule has 12 heteroatoms. The number of carbonyl (C=O) groups is 2. The van der Waals surface area contributed by atoms with Crippen molar-refractivity contribution >= 4 is 29.2 Å². The molecule has 0 bridgehead atoms. The van der Waals surface area contributed by atoms with E-state index >= 15 is 4.39 Å². The number of hydrogen-bond donors (Lipinski definition) is 1. The molecule has 47 heavy (non-hydrogen) atoms. The number of aromatic nitrogens is 3. The monoisotopic (exact) mass is 649 g/mol. The van der Waals surface area contributed by atoms with Crippen LogP contribution in [0, 0.1) is 17.7 Å². The van der Waals surface area contributed by atoms with E-state index in [9.17, 15) is 14.7 Å². The molecule has 252 valence electrons. The van der Waals surface area contributed by atoms with Gasteiger partial charge in [-0.15, -0.1) is 5.10 Å². The fourth-order valence-electron chi connectivity index (χ4n) is 5.97. The zero-order valence-electron chi connectivity index (χ0n) is 27.6. The van der Waals surface area contributed by atoms with E-state index in [2.05, 4.69) is 15.2 Å². The number of esters is 1. The predicted molar refractivity (Wildman–Crippen MR) is 176 cm³/mol. The van der Waals surface area contributed by atoms with Crippen LogP contribution in [0.5, 0.6) is 5.75 Å². The molecule has 0 aliphatic carbocycles. The maximum atomic E-state index is 15.3. The smallest absolute Gasteiger partial charge is 0.410 e. The Hall–Kier alpha value is -4.29. The fraction of sp³-hybridized carbons (Fsp3) is 0.486. The van der Waals surface area contributed by atoms with Gasteiger partial charge in [-0.2, -0.15) is 0 Å². The second kappa shape index (κ2) is 15.1. The average Bonchev–Trinajstić information content (AvgIpc) is 3.48. The maximum absolute atomic E-state index is 15.3. The number of aliphatic hydroxyl groups excluding tert-OH is 1. The average molecular weight is 650 g/mol. The topological polar surface area (TPSA) is 119 Å². The van der Waals surface area contributed by atoms with Crippen LogP contribution in [0.2, 0.25) is 0 Å². The molecule has 3 aromatic rings. The van der Waals surface area contributed by atoms with Gasteiger partial charge in [-0.1, -0.05) is 31.2 Å². The first kappa shape index (κ1) is 34.1. The molecule has 1 saturated heterocycles. The third-order valence-electron chi connectivity index (χ3n) is 8.95. The Morgan fingerprint density at radius 2 is 1.81 bits per heavy atom. The minimum absolute atomic E-state index is 0.0890. The Morgan fingerprint density at radius 1 is 1.09 bits per heavy atom. The van der Waals surface area contributed by atoms with E-state index in [0.29, 0.717) is 54.0 Å². The summed E-state index contributed by atoms with van der Waals surface area (Å²) in [6.07, 6.45) is 3.77. The fourth-order valence-corrected chi connectivity index (χ4v) is 5.97. The number of likely N-dealkylation sites (N-methyl/N-ethyl adjacent to an activating group) is 1. The van der Waals surface area contributed by atoms with Crippen LogP contribution in [0.4, 0.5) is 9.18 Å².